The van der Waals surface area contributed by atoms with Crippen molar-refractivity contribution in [2.45, 2.75) is 33.3 Å². The highest BCUT2D eigenvalue weighted by molar-refractivity contribution is 4.81. The maximum Gasteiger partial charge on any atom is 0.0715 e. The molecule has 1 aliphatic rings. The molecule has 4 heteroatoms. The second-order valence-electron chi connectivity index (χ2n) is 5.93. The molecule has 0 bridgehead atoms. The summed E-state index contributed by atoms with van der Waals surface area (Å²) in [6.45, 7) is 11.9. The van der Waals surface area contributed by atoms with Crippen molar-refractivity contribution in [3.63, 3.8) is 0 Å². The average molecular weight is 239 g/mol. The summed E-state index contributed by atoms with van der Waals surface area (Å²) in [6, 6.07) is 2.18. The molecule has 1 heterocycles. The molecular formula is C13H25N3O. The summed E-state index contributed by atoms with van der Waals surface area (Å²) in [5, 5.41) is 18.6. The fourth-order valence-corrected chi connectivity index (χ4v) is 1.92. The number of hydrogen-bond donors (Lipinski definition) is 1. The van der Waals surface area contributed by atoms with Gasteiger partial charge in [0, 0.05) is 45.7 Å². The average Bonchev–Trinajstić information content (AvgIpc) is 2.27. The van der Waals surface area contributed by atoms with E-state index in [9.17, 15) is 5.11 Å². The van der Waals surface area contributed by atoms with Gasteiger partial charge < -0.3 is 5.11 Å². The lowest BCUT2D eigenvalue weighted by atomic mass is 9.89. The molecule has 1 rings (SSSR count). The molecule has 0 aromatic heterocycles. The summed E-state index contributed by atoms with van der Waals surface area (Å²) >= 11 is 0. The highest BCUT2D eigenvalue weighted by Gasteiger charge is 2.26. The van der Waals surface area contributed by atoms with E-state index >= 15 is 0 Å². The Hall–Kier alpha value is -0.630. The molecule has 0 saturated carbocycles. The van der Waals surface area contributed by atoms with Gasteiger partial charge in [-0.3, -0.25) is 9.80 Å². The first kappa shape index (κ1) is 14.4. The highest BCUT2D eigenvalue weighted by Crippen LogP contribution is 2.20. The van der Waals surface area contributed by atoms with Gasteiger partial charge >= 0.3 is 0 Å². The number of rotatable bonds is 4. The Balaban J connectivity index is 2.26. The summed E-state index contributed by atoms with van der Waals surface area (Å²) < 4.78 is 0. The third kappa shape index (κ3) is 5.03. The summed E-state index contributed by atoms with van der Waals surface area (Å²) in [5.74, 6) is 0. The van der Waals surface area contributed by atoms with Crippen LogP contribution in [0.4, 0.5) is 0 Å². The van der Waals surface area contributed by atoms with Gasteiger partial charge in [0.25, 0.3) is 0 Å². The quantitative estimate of drug-likeness (QED) is 0.793. The van der Waals surface area contributed by atoms with Crippen LogP contribution in [-0.2, 0) is 0 Å². The van der Waals surface area contributed by atoms with Crippen molar-refractivity contribution >= 4 is 0 Å². The molecule has 0 aromatic carbocycles. The van der Waals surface area contributed by atoms with Crippen LogP contribution in [0.1, 0.15) is 27.2 Å². The van der Waals surface area contributed by atoms with Crippen LogP contribution in [0.15, 0.2) is 0 Å². The van der Waals surface area contributed by atoms with Crippen molar-refractivity contribution in [2.75, 3.05) is 39.3 Å². The summed E-state index contributed by atoms with van der Waals surface area (Å²) in [6.07, 6.45) is 0.345. The first-order valence-electron chi connectivity index (χ1n) is 6.43. The van der Waals surface area contributed by atoms with Gasteiger partial charge in [-0.25, -0.2) is 0 Å². The van der Waals surface area contributed by atoms with Crippen molar-refractivity contribution in [1.82, 2.24) is 9.80 Å². The minimum absolute atomic E-state index is 0.0437. The lowest BCUT2D eigenvalue weighted by molar-refractivity contribution is 0.0137. The smallest absolute Gasteiger partial charge is 0.0715 e. The molecule has 0 spiro atoms. The molecule has 1 aliphatic heterocycles. The second kappa shape index (κ2) is 6.34. The Morgan fingerprint density at radius 1 is 1.18 bits per heavy atom. The van der Waals surface area contributed by atoms with Gasteiger partial charge in [0.15, 0.2) is 0 Å². The van der Waals surface area contributed by atoms with E-state index in [4.69, 9.17) is 5.26 Å². The number of nitrogens with zero attached hydrogens (tertiary/aromatic N) is 3. The molecule has 1 atom stereocenters. The van der Waals surface area contributed by atoms with Gasteiger partial charge in [-0.1, -0.05) is 20.8 Å². The van der Waals surface area contributed by atoms with Gasteiger partial charge in [0.05, 0.1) is 12.2 Å². The first-order valence-corrected chi connectivity index (χ1v) is 6.43. The van der Waals surface area contributed by atoms with E-state index < -0.39 is 0 Å². The van der Waals surface area contributed by atoms with Crippen molar-refractivity contribution in [3.05, 3.63) is 0 Å². The monoisotopic (exact) mass is 239 g/mol. The molecule has 1 fully saturated rings. The molecule has 1 saturated heterocycles. The van der Waals surface area contributed by atoms with Crippen molar-refractivity contribution in [2.24, 2.45) is 5.41 Å². The van der Waals surface area contributed by atoms with Crippen LogP contribution in [0.5, 0.6) is 0 Å². The second-order valence-corrected chi connectivity index (χ2v) is 5.93. The molecule has 17 heavy (non-hydrogen) atoms. The number of hydrogen-bond acceptors (Lipinski definition) is 4. The third-order valence-electron chi connectivity index (χ3n) is 3.44. The van der Waals surface area contributed by atoms with E-state index in [1.165, 1.54) is 0 Å². The predicted octanol–water partition coefficient (Wildman–Crippen LogP) is 0.925. The summed E-state index contributed by atoms with van der Waals surface area (Å²) in [5.41, 5.74) is -0.0437. The molecular weight excluding hydrogens is 214 g/mol. The van der Waals surface area contributed by atoms with E-state index in [0.717, 1.165) is 39.3 Å². The molecule has 0 aromatic rings. The van der Waals surface area contributed by atoms with Crippen LogP contribution in [-0.4, -0.2) is 60.3 Å². The van der Waals surface area contributed by atoms with Gasteiger partial charge in [-0.15, -0.1) is 0 Å². The van der Waals surface area contributed by atoms with E-state index in [1.807, 2.05) is 0 Å². The maximum absolute atomic E-state index is 10.0. The molecule has 1 N–H and O–H groups in total. The predicted molar refractivity (Wildman–Crippen MR) is 68.6 cm³/mol. The molecule has 98 valence electrons. The van der Waals surface area contributed by atoms with Crippen molar-refractivity contribution in [1.29, 1.82) is 5.26 Å². The Bertz CT molecular complexity index is 259. The Morgan fingerprint density at radius 3 is 2.18 bits per heavy atom. The molecule has 0 amide bonds. The topological polar surface area (TPSA) is 50.5 Å². The normalized spacial score (nSPS) is 21.1. The van der Waals surface area contributed by atoms with E-state index in [2.05, 4.69) is 36.6 Å². The zero-order chi connectivity index (χ0) is 12.9. The zero-order valence-corrected chi connectivity index (χ0v) is 11.3. The van der Waals surface area contributed by atoms with Crippen LogP contribution in [0.3, 0.4) is 0 Å². The number of piperazine rings is 1. The zero-order valence-electron chi connectivity index (χ0n) is 11.3. The number of β-amino-alcohol motifs (C(OH)–C–C–N with tert-alkyl or cyclic N) is 1. The van der Waals surface area contributed by atoms with Crippen LogP contribution in [0, 0.1) is 16.7 Å². The van der Waals surface area contributed by atoms with E-state index in [0.29, 0.717) is 6.42 Å². The van der Waals surface area contributed by atoms with E-state index in [-0.39, 0.29) is 11.5 Å². The van der Waals surface area contributed by atoms with E-state index in [1.54, 1.807) is 0 Å². The highest BCUT2D eigenvalue weighted by atomic mass is 16.3. The summed E-state index contributed by atoms with van der Waals surface area (Å²) in [4.78, 5) is 4.64. The lowest BCUT2D eigenvalue weighted by Gasteiger charge is -2.37. The van der Waals surface area contributed by atoms with Gasteiger partial charge in [-0.2, -0.15) is 5.26 Å². The van der Waals surface area contributed by atoms with Crippen LogP contribution >= 0.6 is 0 Å². The van der Waals surface area contributed by atoms with Gasteiger partial charge in [0.2, 0.25) is 0 Å². The molecule has 0 unspecified atom stereocenters. The maximum atomic E-state index is 10.0. The fourth-order valence-electron chi connectivity index (χ4n) is 1.92. The van der Waals surface area contributed by atoms with Gasteiger partial charge in [-0.05, 0) is 5.41 Å². The Morgan fingerprint density at radius 2 is 1.71 bits per heavy atom. The minimum atomic E-state index is -0.270. The van der Waals surface area contributed by atoms with Crippen LogP contribution < -0.4 is 0 Å². The Kier molecular flexibility index (Phi) is 5.38. The Labute approximate surface area is 105 Å². The SMILES string of the molecule is CC(C)(C)[C@@H](O)CN1CCN(CCC#N)CC1. The van der Waals surface area contributed by atoms with Crippen LogP contribution in [0.2, 0.25) is 0 Å². The van der Waals surface area contributed by atoms with Crippen LogP contribution in [0.25, 0.3) is 0 Å². The number of nitriles is 1. The minimum Gasteiger partial charge on any atom is -0.391 e. The van der Waals surface area contributed by atoms with Gasteiger partial charge in [0.1, 0.15) is 0 Å². The lowest BCUT2D eigenvalue weighted by Crippen LogP contribution is -2.50. The third-order valence-corrected chi connectivity index (χ3v) is 3.44. The van der Waals surface area contributed by atoms with Crippen molar-refractivity contribution in [3.8, 4) is 6.07 Å². The molecule has 0 aliphatic carbocycles. The molecule has 0 radical (unpaired) electrons. The fraction of sp³-hybridized carbons (Fsp3) is 0.923. The van der Waals surface area contributed by atoms with Crippen molar-refractivity contribution < 1.29 is 5.11 Å². The molecule has 4 nitrogen and oxygen atoms in total. The summed E-state index contributed by atoms with van der Waals surface area (Å²) in [7, 11) is 0. The number of aliphatic hydroxyl groups excluding tert-OH is 1. The largest absolute Gasteiger partial charge is 0.391 e. The first-order chi connectivity index (χ1) is 7.93. The number of aliphatic hydroxyl groups is 1. The standard InChI is InChI=1S/C13H25N3O/c1-13(2,3)12(17)11-16-9-7-15(8-10-16)6-4-5-14/h12,17H,4,6-11H2,1-3H3/t12-/m0/s1.